The normalized spacial score (nSPS) is 21.0. The lowest BCUT2D eigenvalue weighted by Crippen LogP contribution is -2.21. The molecule has 88 valence electrons. The summed E-state index contributed by atoms with van der Waals surface area (Å²) in [5.74, 6) is 1.46. The summed E-state index contributed by atoms with van der Waals surface area (Å²) in [6.45, 7) is 2.00. The van der Waals surface area contributed by atoms with Crippen LogP contribution in [0.15, 0.2) is 18.2 Å². The zero-order valence-electron chi connectivity index (χ0n) is 9.64. The van der Waals surface area contributed by atoms with Gasteiger partial charge in [0.15, 0.2) is 11.5 Å². The molecular weight excluding hydrogens is 206 g/mol. The van der Waals surface area contributed by atoms with Gasteiger partial charge in [0.05, 0.1) is 7.11 Å². The summed E-state index contributed by atoms with van der Waals surface area (Å²) in [5.41, 5.74) is 0. The van der Waals surface area contributed by atoms with E-state index in [1.807, 2.05) is 0 Å². The molecule has 0 saturated carbocycles. The van der Waals surface area contributed by atoms with Crippen LogP contribution in [0.3, 0.4) is 0 Å². The van der Waals surface area contributed by atoms with E-state index in [1.165, 1.54) is 0 Å². The average molecular weight is 223 g/mol. The van der Waals surface area contributed by atoms with Crippen LogP contribution in [0.4, 0.5) is 0 Å². The SMILES string of the molecule is COc1cc(O)ccc1OC1CCN(C)C1. The monoisotopic (exact) mass is 223 g/mol. The number of rotatable bonds is 3. The number of nitrogens with zero attached hydrogens (tertiary/aromatic N) is 1. The third-order valence-electron chi connectivity index (χ3n) is 2.79. The van der Waals surface area contributed by atoms with Crippen LogP contribution in [0.25, 0.3) is 0 Å². The summed E-state index contributed by atoms with van der Waals surface area (Å²) in [6, 6.07) is 4.91. The Hall–Kier alpha value is -1.42. The van der Waals surface area contributed by atoms with Gasteiger partial charge in [-0.15, -0.1) is 0 Å². The van der Waals surface area contributed by atoms with Gasteiger partial charge in [0.1, 0.15) is 11.9 Å². The fourth-order valence-corrected chi connectivity index (χ4v) is 1.92. The van der Waals surface area contributed by atoms with Gasteiger partial charge in [-0.25, -0.2) is 0 Å². The number of hydrogen-bond acceptors (Lipinski definition) is 4. The fraction of sp³-hybridized carbons (Fsp3) is 0.500. The first-order chi connectivity index (χ1) is 7.69. The van der Waals surface area contributed by atoms with Crippen molar-refractivity contribution in [1.29, 1.82) is 0 Å². The molecule has 1 N–H and O–H groups in total. The molecule has 0 spiro atoms. The number of likely N-dealkylation sites (N-methyl/N-ethyl adjacent to an activating group) is 1. The van der Waals surface area contributed by atoms with Gasteiger partial charge in [-0.1, -0.05) is 0 Å². The van der Waals surface area contributed by atoms with E-state index in [2.05, 4.69) is 11.9 Å². The fourth-order valence-electron chi connectivity index (χ4n) is 1.92. The molecular formula is C12H17NO3. The van der Waals surface area contributed by atoms with E-state index in [9.17, 15) is 5.11 Å². The molecule has 1 atom stereocenters. The minimum absolute atomic E-state index is 0.188. The Balaban J connectivity index is 2.08. The van der Waals surface area contributed by atoms with Crippen molar-refractivity contribution in [1.82, 2.24) is 4.90 Å². The van der Waals surface area contributed by atoms with E-state index in [-0.39, 0.29) is 11.9 Å². The lowest BCUT2D eigenvalue weighted by atomic mass is 10.2. The molecule has 16 heavy (non-hydrogen) atoms. The number of hydrogen-bond donors (Lipinski definition) is 1. The Morgan fingerprint density at radius 3 is 2.81 bits per heavy atom. The quantitative estimate of drug-likeness (QED) is 0.843. The van der Waals surface area contributed by atoms with Crippen LogP contribution in [0.2, 0.25) is 0 Å². The average Bonchev–Trinajstić information content (AvgIpc) is 2.67. The van der Waals surface area contributed by atoms with Crippen LogP contribution < -0.4 is 9.47 Å². The molecule has 4 nitrogen and oxygen atoms in total. The van der Waals surface area contributed by atoms with E-state index < -0.39 is 0 Å². The second-order valence-corrected chi connectivity index (χ2v) is 4.13. The lowest BCUT2D eigenvalue weighted by Gasteiger charge is -2.16. The standard InChI is InChI=1S/C12H17NO3/c1-13-6-5-10(8-13)16-11-4-3-9(14)7-12(11)15-2/h3-4,7,10,14H,5-6,8H2,1-2H3. The second kappa shape index (κ2) is 4.61. The Morgan fingerprint density at radius 2 is 2.19 bits per heavy atom. The van der Waals surface area contributed by atoms with Crippen LogP contribution in [-0.2, 0) is 0 Å². The van der Waals surface area contributed by atoms with E-state index in [0.29, 0.717) is 11.5 Å². The Morgan fingerprint density at radius 1 is 1.38 bits per heavy atom. The number of methoxy groups -OCH3 is 1. The number of benzene rings is 1. The number of likely N-dealkylation sites (tertiary alicyclic amines) is 1. The Kier molecular flexibility index (Phi) is 3.19. The molecule has 0 bridgehead atoms. The molecule has 0 amide bonds. The highest BCUT2D eigenvalue weighted by atomic mass is 16.5. The molecule has 4 heteroatoms. The molecule has 0 radical (unpaired) electrons. The third-order valence-corrected chi connectivity index (χ3v) is 2.79. The molecule has 1 aliphatic heterocycles. The molecule has 1 fully saturated rings. The second-order valence-electron chi connectivity index (χ2n) is 4.13. The van der Waals surface area contributed by atoms with E-state index in [4.69, 9.17) is 9.47 Å². The molecule has 0 aliphatic carbocycles. The first-order valence-electron chi connectivity index (χ1n) is 5.41. The van der Waals surface area contributed by atoms with Gasteiger partial charge in [-0.2, -0.15) is 0 Å². The molecule has 1 aromatic carbocycles. The van der Waals surface area contributed by atoms with Gasteiger partial charge in [0.2, 0.25) is 0 Å². The van der Waals surface area contributed by atoms with Gasteiger partial charge in [-0.3, -0.25) is 0 Å². The lowest BCUT2D eigenvalue weighted by molar-refractivity contribution is 0.199. The summed E-state index contributed by atoms with van der Waals surface area (Å²) in [6.07, 6.45) is 1.24. The predicted molar refractivity (Wildman–Crippen MR) is 61.2 cm³/mol. The van der Waals surface area contributed by atoms with Crippen molar-refractivity contribution in [2.45, 2.75) is 12.5 Å². The van der Waals surface area contributed by atoms with Crippen molar-refractivity contribution < 1.29 is 14.6 Å². The van der Waals surface area contributed by atoms with Crippen molar-refractivity contribution in [3.63, 3.8) is 0 Å². The van der Waals surface area contributed by atoms with Gasteiger partial charge in [-0.05, 0) is 25.6 Å². The first-order valence-corrected chi connectivity index (χ1v) is 5.41. The molecule has 1 aromatic rings. The summed E-state index contributed by atoms with van der Waals surface area (Å²) < 4.78 is 11.0. The smallest absolute Gasteiger partial charge is 0.164 e. The minimum atomic E-state index is 0.188. The molecule has 1 heterocycles. The maximum absolute atomic E-state index is 9.33. The topological polar surface area (TPSA) is 41.9 Å². The maximum atomic E-state index is 9.33. The van der Waals surface area contributed by atoms with Crippen molar-refractivity contribution in [2.75, 3.05) is 27.2 Å². The van der Waals surface area contributed by atoms with Crippen molar-refractivity contribution in [3.8, 4) is 17.2 Å². The van der Waals surface area contributed by atoms with Gasteiger partial charge >= 0.3 is 0 Å². The highest BCUT2D eigenvalue weighted by molar-refractivity contribution is 5.45. The Labute approximate surface area is 95.4 Å². The van der Waals surface area contributed by atoms with Gasteiger partial charge < -0.3 is 19.5 Å². The summed E-state index contributed by atoms with van der Waals surface area (Å²) in [5, 5.41) is 9.33. The first kappa shape index (κ1) is 11.1. The van der Waals surface area contributed by atoms with Crippen LogP contribution >= 0.6 is 0 Å². The van der Waals surface area contributed by atoms with E-state index in [0.717, 1.165) is 19.5 Å². The van der Waals surface area contributed by atoms with Crippen LogP contribution in [0, 0.1) is 0 Å². The molecule has 1 saturated heterocycles. The van der Waals surface area contributed by atoms with Crippen molar-refractivity contribution >= 4 is 0 Å². The third kappa shape index (κ3) is 2.39. The minimum Gasteiger partial charge on any atom is -0.508 e. The molecule has 1 aliphatic rings. The van der Waals surface area contributed by atoms with Crippen LogP contribution in [0.5, 0.6) is 17.2 Å². The molecule has 0 aromatic heterocycles. The predicted octanol–water partition coefficient (Wildman–Crippen LogP) is 1.48. The van der Waals surface area contributed by atoms with E-state index in [1.54, 1.807) is 25.3 Å². The summed E-state index contributed by atoms with van der Waals surface area (Å²) in [4.78, 5) is 2.23. The van der Waals surface area contributed by atoms with Crippen LogP contribution in [-0.4, -0.2) is 43.4 Å². The molecule has 1 unspecified atom stereocenters. The highest BCUT2D eigenvalue weighted by Gasteiger charge is 2.22. The van der Waals surface area contributed by atoms with E-state index >= 15 is 0 Å². The number of aromatic hydroxyl groups is 1. The zero-order valence-corrected chi connectivity index (χ0v) is 9.64. The van der Waals surface area contributed by atoms with Crippen molar-refractivity contribution in [3.05, 3.63) is 18.2 Å². The Bertz CT molecular complexity index is 367. The zero-order chi connectivity index (χ0) is 11.5. The van der Waals surface area contributed by atoms with Gasteiger partial charge in [0.25, 0.3) is 0 Å². The number of phenols is 1. The molecule has 2 rings (SSSR count). The van der Waals surface area contributed by atoms with Crippen LogP contribution in [0.1, 0.15) is 6.42 Å². The number of phenolic OH excluding ortho intramolecular Hbond substituents is 1. The largest absolute Gasteiger partial charge is 0.508 e. The summed E-state index contributed by atoms with van der Waals surface area (Å²) >= 11 is 0. The van der Waals surface area contributed by atoms with Crippen molar-refractivity contribution in [2.24, 2.45) is 0 Å². The number of ether oxygens (including phenoxy) is 2. The highest BCUT2D eigenvalue weighted by Crippen LogP contribution is 2.32. The summed E-state index contributed by atoms with van der Waals surface area (Å²) in [7, 11) is 3.65. The maximum Gasteiger partial charge on any atom is 0.164 e. The van der Waals surface area contributed by atoms with Gasteiger partial charge in [0, 0.05) is 19.2 Å².